The summed E-state index contributed by atoms with van der Waals surface area (Å²) < 4.78 is 37.4. The zero-order chi connectivity index (χ0) is 32.6. The molecule has 0 saturated carbocycles. The number of fused-ring (bicyclic) bond motifs is 1. The summed E-state index contributed by atoms with van der Waals surface area (Å²) in [6, 6.07) is 18.2. The van der Waals surface area contributed by atoms with Crippen molar-refractivity contribution in [1.29, 1.82) is 0 Å². The van der Waals surface area contributed by atoms with Gasteiger partial charge in [0.15, 0.2) is 12.4 Å². The molecule has 3 aromatic carbocycles. The third kappa shape index (κ3) is 8.39. The lowest BCUT2D eigenvalue weighted by Gasteiger charge is -2.37. The second-order valence-corrected chi connectivity index (χ2v) is 14.0. The van der Waals surface area contributed by atoms with Crippen LogP contribution in [0.2, 0.25) is 0 Å². The summed E-state index contributed by atoms with van der Waals surface area (Å²) in [5.74, 6) is -0.521. The summed E-state index contributed by atoms with van der Waals surface area (Å²) in [5.41, 5.74) is 1.29. The number of ether oxygens (including phenoxy) is 1. The van der Waals surface area contributed by atoms with Gasteiger partial charge in [-0.3, -0.25) is 9.59 Å². The number of aromatic hydroxyl groups is 1. The highest BCUT2D eigenvalue weighted by Crippen LogP contribution is 2.44. The molecule has 1 aliphatic heterocycles. The highest BCUT2D eigenvalue weighted by atomic mass is 32.2. The number of unbranched alkanes of at least 4 members (excludes halogenated alkanes) is 2. The number of phenolic OH excluding ortho intramolecular Hbond substituents is 1. The predicted molar refractivity (Wildman–Crippen MR) is 179 cm³/mol. The molecule has 1 unspecified atom stereocenters. The average Bonchev–Trinajstić information content (AvgIpc) is 3.12. The first-order chi connectivity index (χ1) is 21.5. The Bertz CT molecular complexity index is 1570. The SMILES string of the molecule is CCCCC1(CCCC)CN(c2ccccc2)c2cc(SC)c(OCC(=O)NC(C(C)=O)c3ccc(O)cc3)cc2S(=O)(=O)N1. The Morgan fingerprint density at radius 1 is 1.04 bits per heavy atom. The monoisotopic (exact) mass is 653 g/mol. The number of hydrogen-bond acceptors (Lipinski definition) is 8. The molecule has 0 saturated heterocycles. The summed E-state index contributed by atoms with van der Waals surface area (Å²) in [7, 11) is -3.99. The fourth-order valence-corrected chi connectivity index (χ4v) is 7.88. The number of carbonyl (C=O) groups excluding carboxylic acids is 2. The molecule has 3 N–H and O–H groups in total. The van der Waals surface area contributed by atoms with Gasteiger partial charge in [0, 0.05) is 18.3 Å². The molecule has 1 atom stereocenters. The van der Waals surface area contributed by atoms with Gasteiger partial charge >= 0.3 is 0 Å². The minimum absolute atomic E-state index is 0.0479. The first-order valence-corrected chi connectivity index (χ1v) is 18.0. The van der Waals surface area contributed by atoms with Crippen molar-refractivity contribution < 1.29 is 27.9 Å². The van der Waals surface area contributed by atoms with E-state index in [1.165, 1.54) is 36.9 Å². The van der Waals surface area contributed by atoms with Crippen molar-refractivity contribution >= 4 is 44.9 Å². The molecule has 0 bridgehead atoms. The Hall–Kier alpha value is -3.54. The Morgan fingerprint density at radius 2 is 1.69 bits per heavy atom. The quantitative estimate of drug-likeness (QED) is 0.169. The van der Waals surface area contributed by atoms with Gasteiger partial charge in [0.2, 0.25) is 10.0 Å². The summed E-state index contributed by atoms with van der Waals surface area (Å²) in [6.07, 6.45) is 6.94. The van der Waals surface area contributed by atoms with E-state index in [-0.39, 0.29) is 22.2 Å². The largest absolute Gasteiger partial charge is 0.508 e. The molecule has 242 valence electrons. The fourth-order valence-electron chi connectivity index (χ4n) is 5.68. The normalized spacial score (nSPS) is 15.9. The molecule has 45 heavy (non-hydrogen) atoms. The van der Waals surface area contributed by atoms with Crippen molar-refractivity contribution in [2.45, 2.75) is 80.7 Å². The number of anilines is 2. The van der Waals surface area contributed by atoms with E-state index in [0.29, 0.717) is 35.5 Å². The van der Waals surface area contributed by atoms with Crippen LogP contribution < -0.4 is 19.7 Å². The Kier molecular flexibility index (Phi) is 11.6. The van der Waals surface area contributed by atoms with Crippen LogP contribution in [0.5, 0.6) is 11.5 Å². The van der Waals surface area contributed by atoms with Crippen molar-refractivity contribution in [2.24, 2.45) is 0 Å². The maximum Gasteiger partial charge on any atom is 0.258 e. The average molecular weight is 654 g/mol. The number of benzene rings is 3. The standard InChI is InChI=1S/C34H43N3O6S2/c1-5-7-18-34(19-8-6-2)23-37(26-12-10-9-11-13-26)28-20-30(44-4)29(21-31(28)45(41,42)36-34)43-22-32(40)35-33(24(3)38)25-14-16-27(39)17-15-25/h9-17,20-21,33,36,39H,5-8,18-19,22-23H2,1-4H3,(H,35,40). The van der Waals surface area contributed by atoms with E-state index in [0.717, 1.165) is 31.4 Å². The second-order valence-electron chi connectivity index (χ2n) is 11.5. The lowest BCUT2D eigenvalue weighted by Crippen LogP contribution is -2.53. The number of rotatable bonds is 14. The number of para-hydroxylation sites is 1. The molecular weight excluding hydrogens is 611 g/mol. The zero-order valence-electron chi connectivity index (χ0n) is 26.3. The number of hydrogen-bond donors (Lipinski definition) is 3. The Morgan fingerprint density at radius 3 is 2.27 bits per heavy atom. The predicted octanol–water partition coefficient (Wildman–Crippen LogP) is 6.49. The van der Waals surface area contributed by atoms with Crippen LogP contribution in [-0.2, 0) is 19.6 Å². The third-order valence-corrected chi connectivity index (χ3v) is 10.4. The van der Waals surface area contributed by atoms with Crippen LogP contribution in [0.3, 0.4) is 0 Å². The lowest BCUT2D eigenvalue weighted by molar-refractivity contribution is -0.128. The van der Waals surface area contributed by atoms with Crippen LogP contribution >= 0.6 is 11.8 Å². The minimum Gasteiger partial charge on any atom is -0.508 e. The lowest BCUT2D eigenvalue weighted by atomic mass is 9.87. The highest BCUT2D eigenvalue weighted by molar-refractivity contribution is 7.98. The number of ketones is 1. The molecule has 0 fully saturated rings. The van der Waals surface area contributed by atoms with Gasteiger partial charge in [-0.15, -0.1) is 11.8 Å². The topological polar surface area (TPSA) is 125 Å². The molecule has 0 aromatic heterocycles. The molecule has 1 heterocycles. The van der Waals surface area contributed by atoms with Crippen molar-refractivity contribution in [2.75, 3.05) is 24.3 Å². The number of sulfonamides is 1. The van der Waals surface area contributed by atoms with Crippen LogP contribution in [0.25, 0.3) is 0 Å². The maximum atomic E-state index is 14.2. The number of amides is 1. The first kappa shape index (κ1) is 34.3. The number of carbonyl (C=O) groups is 2. The molecule has 0 aliphatic carbocycles. The molecule has 0 spiro atoms. The van der Waals surface area contributed by atoms with Gasteiger partial charge in [0.25, 0.3) is 5.91 Å². The molecular formula is C34H43N3O6S2. The Labute approximate surface area is 270 Å². The van der Waals surface area contributed by atoms with E-state index in [9.17, 15) is 23.1 Å². The number of Topliss-reactive ketones (excluding diaryl/α,β-unsaturated/α-hetero) is 1. The van der Waals surface area contributed by atoms with E-state index in [2.05, 4.69) is 28.8 Å². The van der Waals surface area contributed by atoms with Gasteiger partial charge in [-0.2, -0.15) is 0 Å². The summed E-state index contributed by atoms with van der Waals surface area (Å²) in [5, 5.41) is 12.3. The van der Waals surface area contributed by atoms with Crippen molar-refractivity contribution in [3.05, 3.63) is 72.3 Å². The van der Waals surface area contributed by atoms with Gasteiger partial charge in [0.1, 0.15) is 22.4 Å². The van der Waals surface area contributed by atoms with E-state index in [4.69, 9.17) is 4.74 Å². The van der Waals surface area contributed by atoms with Gasteiger partial charge in [-0.25, -0.2) is 13.1 Å². The first-order valence-electron chi connectivity index (χ1n) is 15.3. The van der Waals surface area contributed by atoms with E-state index in [1.807, 2.05) is 42.7 Å². The number of nitrogens with zero attached hydrogens (tertiary/aromatic N) is 1. The van der Waals surface area contributed by atoms with Gasteiger partial charge in [-0.05, 0) is 61.9 Å². The van der Waals surface area contributed by atoms with Crippen molar-refractivity contribution in [3.8, 4) is 11.5 Å². The molecule has 1 amide bonds. The highest BCUT2D eigenvalue weighted by Gasteiger charge is 2.42. The van der Waals surface area contributed by atoms with Crippen LogP contribution in [-0.4, -0.2) is 50.2 Å². The van der Waals surface area contributed by atoms with Crippen LogP contribution in [0.4, 0.5) is 11.4 Å². The van der Waals surface area contributed by atoms with E-state index < -0.39 is 34.1 Å². The fraction of sp³-hybridized carbons (Fsp3) is 0.412. The molecule has 4 rings (SSSR count). The zero-order valence-corrected chi connectivity index (χ0v) is 28.0. The second kappa shape index (κ2) is 15.2. The smallest absolute Gasteiger partial charge is 0.258 e. The van der Waals surface area contributed by atoms with Gasteiger partial charge < -0.3 is 20.1 Å². The molecule has 0 radical (unpaired) electrons. The minimum atomic E-state index is -3.99. The van der Waals surface area contributed by atoms with Crippen molar-refractivity contribution in [3.63, 3.8) is 0 Å². The Balaban J connectivity index is 1.70. The number of nitrogens with one attached hydrogen (secondary N) is 2. The summed E-state index contributed by atoms with van der Waals surface area (Å²) >= 11 is 1.39. The van der Waals surface area contributed by atoms with E-state index in [1.54, 1.807) is 12.1 Å². The van der Waals surface area contributed by atoms with Crippen LogP contribution in [0.15, 0.2) is 76.5 Å². The summed E-state index contributed by atoms with van der Waals surface area (Å²) in [4.78, 5) is 28.2. The maximum absolute atomic E-state index is 14.2. The van der Waals surface area contributed by atoms with Gasteiger partial charge in [-0.1, -0.05) is 69.9 Å². The summed E-state index contributed by atoms with van der Waals surface area (Å²) in [6.45, 7) is 5.63. The van der Waals surface area contributed by atoms with Crippen LogP contribution in [0, 0.1) is 0 Å². The number of thioether (sulfide) groups is 1. The molecule has 9 nitrogen and oxygen atoms in total. The van der Waals surface area contributed by atoms with Crippen LogP contribution in [0.1, 0.15) is 70.9 Å². The molecule has 1 aliphatic rings. The molecule has 11 heteroatoms. The third-order valence-electron chi connectivity index (χ3n) is 8.02. The molecule has 3 aromatic rings. The van der Waals surface area contributed by atoms with E-state index >= 15 is 0 Å². The number of phenols is 1. The van der Waals surface area contributed by atoms with Crippen molar-refractivity contribution in [1.82, 2.24) is 10.0 Å². The van der Waals surface area contributed by atoms with Gasteiger partial charge in [0.05, 0.1) is 16.1 Å².